The number of halogens is 2. The lowest BCUT2D eigenvalue weighted by Gasteiger charge is -2.07. The van der Waals surface area contributed by atoms with Gasteiger partial charge in [-0.15, -0.1) is 0 Å². The average molecular weight is 310 g/mol. The number of nitrogens with one attached hydrogen (secondary N) is 1. The molecule has 112 valence electrons. The molecule has 1 N–H and O–H groups in total. The minimum absolute atomic E-state index is 0.00764. The van der Waals surface area contributed by atoms with Crippen LogP contribution in [0.25, 0.3) is 0 Å². The van der Waals surface area contributed by atoms with Crippen LogP contribution in [-0.4, -0.2) is 15.7 Å². The first kappa shape index (κ1) is 15.5. The molecule has 0 saturated carbocycles. The normalized spacial score (nSPS) is 10.7. The molecule has 1 amide bonds. The third-order valence-electron chi connectivity index (χ3n) is 3.49. The first-order valence-electron chi connectivity index (χ1n) is 6.63. The highest BCUT2D eigenvalue weighted by atomic mass is 35.5. The van der Waals surface area contributed by atoms with Crippen molar-refractivity contribution >= 4 is 23.2 Å². The lowest BCUT2D eigenvalue weighted by molar-refractivity contribution is -0.116. The van der Waals surface area contributed by atoms with Gasteiger partial charge in [0.2, 0.25) is 5.91 Å². The fourth-order valence-corrected chi connectivity index (χ4v) is 2.41. The Morgan fingerprint density at radius 2 is 2.14 bits per heavy atom. The highest BCUT2D eigenvalue weighted by Gasteiger charge is 2.13. The van der Waals surface area contributed by atoms with Crippen molar-refractivity contribution in [1.29, 1.82) is 0 Å². The summed E-state index contributed by atoms with van der Waals surface area (Å²) in [6, 6.07) is 4.52. The van der Waals surface area contributed by atoms with Gasteiger partial charge in [0, 0.05) is 19.2 Å². The van der Waals surface area contributed by atoms with Gasteiger partial charge in [0.05, 0.1) is 16.4 Å². The molecule has 21 heavy (non-hydrogen) atoms. The predicted molar refractivity (Wildman–Crippen MR) is 81.0 cm³/mol. The summed E-state index contributed by atoms with van der Waals surface area (Å²) in [4.78, 5) is 11.9. The van der Waals surface area contributed by atoms with Crippen LogP contribution in [-0.2, 0) is 18.3 Å². The van der Waals surface area contributed by atoms with E-state index in [0.717, 1.165) is 17.0 Å². The van der Waals surface area contributed by atoms with E-state index in [0.29, 0.717) is 6.42 Å². The maximum Gasteiger partial charge on any atom is 0.224 e. The fraction of sp³-hybridized carbons (Fsp3) is 0.333. The van der Waals surface area contributed by atoms with Crippen molar-refractivity contribution in [2.75, 3.05) is 5.32 Å². The van der Waals surface area contributed by atoms with Crippen molar-refractivity contribution in [2.24, 2.45) is 7.05 Å². The van der Waals surface area contributed by atoms with Crippen molar-refractivity contribution in [3.8, 4) is 0 Å². The largest absolute Gasteiger partial charge is 0.324 e. The van der Waals surface area contributed by atoms with E-state index in [1.54, 1.807) is 10.7 Å². The molecule has 1 aromatic carbocycles. The second-order valence-corrected chi connectivity index (χ2v) is 5.33. The van der Waals surface area contributed by atoms with E-state index in [9.17, 15) is 9.18 Å². The van der Waals surface area contributed by atoms with E-state index >= 15 is 0 Å². The van der Waals surface area contributed by atoms with Crippen LogP contribution in [0.15, 0.2) is 18.2 Å². The van der Waals surface area contributed by atoms with Gasteiger partial charge in [0.1, 0.15) is 0 Å². The molecule has 6 heteroatoms. The summed E-state index contributed by atoms with van der Waals surface area (Å²) in [5.74, 6) is -0.861. The van der Waals surface area contributed by atoms with E-state index in [4.69, 9.17) is 11.6 Å². The van der Waals surface area contributed by atoms with Crippen LogP contribution in [0.2, 0.25) is 5.02 Å². The van der Waals surface area contributed by atoms with Crippen LogP contribution >= 0.6 is 11.6 Å². The minimum Gasteiger partial charge on any atom is -0.324 e. The summed E-state index contributed by atoms with van der Waals surface area (Å²) in [5, 5.41) is 6.84. The molecule has 0 saturated heterocycles. The van der Waals surface area contributed by atoms with Crippen molar-refractivity contribution in [1.82, 2.24) is 9.78 Å². The molecule has 0 spiro atoms. The number of amides is 1. The van der Waals surface area contributed by atoms with Crippen LogP contribution in [0.3, 0.4) is 0 Å². The van der Waals surface area contributed by atoms with Gasteiger partial charge in [0.25, 0.3) is 0 Å². The maximum absolute atomic E-state index is 13.7. The average Bonchev–Trinajstić information content (AvgIpc) is 2.67. The van der Waals surface area contributed by atoms with Crippen LogP contribution in [0.1, 0.15) is 23.4 Å². The van der Waals surface area contributed by atoms with Crippen molar-refractivity contribution in [3.63, 3.8) is 0 Å². The summed E-state index contributed by atoms with van der Waals surface area (Å²) < 4.78 is 15.5. The second kappa shape index (κ2) is 6.26. The number of carbonyl (C=O) groups is 1. The molecule has 0 aliphatic heterocycles. The molecule has 1 heterocycles. The van der Waals surface area contributed by atoms with Gasteiger partial charge in [-0.1, -0.05) is 17.7 Å². The van der Waals surface area contributed by atoms with Gasteiger partial charge in [-0.05, 0) is 38.0 Å². The van der Waals surface area contributed by atoms with Gasteiger partial charge in [0.15, 0.2) is 5.82 Å². The zero-order valence-corrected chi connectivity index (χ0v) is 13.0. The van der Waals surface area contributed by atoms with Crippen LogP contribution in [0, 0.1) is 19.7 Å². The molecule has 0 aliphatic rings. The van der Waals surface area contributed by atoms with E-state index in [1.807, 2.05) is 20.9 Å². The summed E-state index contributed by atoms with van der Waals surface area (Å²) in [6.07, 6.45) is 0.832. The topological polar surface area (TPSA) is 46.9 Å². The molecule has 2 aromatic rings. The lowest BCUT2D eigenvalue weighted by Crippen LogP contribution is -2.14. The number of carbonyl (C=O) groups excluding carboxylic acids is 1. The molecule has 0 atom stereocenters. The van der Waals surface area contributed by atoms with Crippen LogP contribution in [0.5, 0.6) is 0 Å². The Hall–Kier alpha value is -1.88. The Morgan fingerprint density at radius 1 is 1.43 bits per heavy atom. The molecule has 2 rings (SSSR count). The molecule has 0 unspecified atom stereocenters. The molecule has 1 aromatic heterocycles. The smallest absolute Gasteiger partial charge is 0.224 e. The number of aromatic nitrogens is 2. The zero-order valence-electron chi connectivity index (χ0n) is 12.2. The molecule has 4 nitrogen and oxygen atoms in total. The molecule has 0 radical (unpaired) electrons. The lowest BCUT2D eigenvalue weighted by atomic mass is 10.1. The predicted octanol–water partition coefficient (Wildman–Crippen LogP) is 3.40. The highest BCUT2D eigenvalue weighted by molar-refractivity contribution is 6.31. The quantitative estimate of drug-likeness (QED) is 0.941. The van der Waals surface area contributed by atoms with Gasteiger partial charge < -0.3 is 5.32 Å². The van der Waals surface area contributed by atoms with E-state index < -0.39 is 5.82 Å². The third-order valence-corrected chi connectivity index (χ3v) is 3.78. The van der Waals surface area contributed by atoms with Crippen molar-refractivity contribution in [3.05, 3.63) is 46.0 Å². The van der Waals surface area contributed by atoms with Crippen LogP contribution < -0.4 is 5.32 Å². The number of aryl methyl sites for hydroxylation is 2. The molecule has 0 aliphatic carbocycles. The second-order valence-electron chi connectivity index (χ2n) is 4.92. The number of rotatable bonds is 4. The van der Waals surface area contributed by atoms with Gasteiger partial charge in [-0.2, -0.15) is 5.10 Å². The van der Waals surface area contributed by atoms with Crippen molar-refractivity contribution < 1.29 is 9.18 Å². The van der Waals surface area contributed by atoms with E-state index in [-0.39, 0.29) is 23.0 Å². The maximum atomic E-state index is 13.7. The number of anilines is 1. The molecule has 0 fully saturated rings. The van der Waals surface area contributed by atoms with Gasteiger partial charge in [-0.3, -0.25) is 9.48 Å². The fourth-order valence-electron chi connectivity index (χ4n) is 2.23. The number of hydrogen-bond donors (Lipinski definition) is 1. The van der Waals surface area contributed by atoms with Crippen LogP contribution in [0.4, 0.5) is 10.1 Å². The van der Waals surface area contributed by atoms with Gasteiger partial charge in [-0.25, -0.2) is 4.39 Å². The SMILES string of the molecule is Cc1nn(C)c(C)c1CCC(=O)Nc1cccc(Cl)c1F. The first-order valence-corrected chi connectivity index (χ1v) is 7.01. The van der Waals surface area contributed by atoms with Gasteiger partial charge >= 0.3 is 0 Å². The number of hydrogen-bond acceptors (Lipinski definition) is 2. The first-order chi connectivity index (χ1) is 9.90. The standard InChI is InChI=1S/C15H17ClFN3O/c1-9-11(10(2)20(3)19-9)7-8-14(21)18-13-6-4-5-12(16)15(13)17/h4-6H,7-8H2,1-3H3,(H,18,21). The minimum atomic E-state index is -0.610. The summed E-state index contributed by atoms with van der Waals surface area (Å²) in [7, 11) is 1.87. The molecular formula is C15H17ClFN3O. The number of benzene rings is 1. The molecule has 0 bridgehead atoms. The monoisotopic (exact) mass is 309 g/mol. The van der Waals surface area contributed by atoms with E-state index in [2.05, 4.69) is 10.4 Å². The van der Waals surface area contributed by atoms with E-state index in [1.165, 1.54) is 12.1 Å². The zero-order chi connectivity index (χ0) is 15.6. The Bertz CT molecular complexity index is 682. The Labute approximate surface area is 127 Å². The molecular weight excluding hydrogens is 293 g/mol. The third kappa shape index (κ3) is 3.42. The Morgan fingerprint density at radius 3 is 2.76 bits per heavy atom. The van der Waals surface area contributed by atoms with Crippen molar-refractivity contribution in [2.45, 2.75) is 26.7 Å². The highest BCUT2D eigenvalue weighted by Crippen LogP contribution is 2.22. The number of nitrogens with zero attached hydrogens (tertiary/aromatic N) is 2. The summed E-state index contributed by atoms with van der Waals surface area (Å²) >= 11 is 5.68. The summed E-state index contributed by atoms with van der Waals surface area (Å²) in [5.41, 5.74) is 3.11. The Balaban J connectivity index is 2.01. The Kier molecular flexibility index (Phi) is 4.63. The summed E-state index contributed by atoms with van der Waals surface area (Å²) in [6.45, 7) is 3.88.